The minimum absolute atomic E-state index is 0.0401. The Bertz CT molecular complexity index is 814. The van der Waals surface area contributed by atoms with Gasteiger partial charge in [0.25, 0.3) is 0 Å². The van der Waals surface area contributed by atoms with Crippen LogP contribution in [0.25, 0.3) is 0 Å². The number of halogens is 1. The zero-order chi connectivity index (χ0) is 20.5. The molecule has 0 bridgehead atoms. The van der Waals surface area contributed by atoms with Gasteiger partial charge in [0.15, 0.2) is 5.96 Å². The van der Waals surface area contributed by atoms with Gasteiger partial charge in [0.1, 0.15) is 17.7 Å². The van der Waals surface area contributed by atoms with Crippen molar-refractivity contribution < 1.29 is 13.9 Å². The number of para-hydroxylation sites is 1. The normalized spacial score (nSPS) is 15.4. The summed E-state index contributed by atoms with van der Waals surface area (Å²) in [5.74, 6) is 1.23. The van der Waals surface area contributed by atoms with Crippen LogP contribution in [-0.4, -0.2) is 44.1 Å². The van der Waals surface area contributed by atoms with Gasteiger partial charge in [0.2, 0.25) is 5.91 Å². The van der Waals surface area contributed by atoms with Gasteiger partial charge >= 0.3 is 0 Å². The Morgan fingerprint density at radius 3 is 2.62 bits per heavy atom. The lowest BCUT2D eigenvalue weighted by molar-refractivity contribution is -0.120. The van der Waals surface area contributed by atoms with E-state index in [4.69, 9.17) is 4.74 Å². The fourth-order valence-corrected chi connectivity index (χ4v) is 3.12. The number of rotatable bonds is 8. The molecule has 2 aromatic carbocycles. The molecule has 2 aromatic rings. The third kappa shape index (κ3) is 6.48. The number of nitrogens with one attached hydrogen (secondary N) is 3. The zero-order valence-electron chi connectivity index (χ0n) is 16.6. The highest BCUT2D eigenvalue weighted by atomic mass is 19.1. The van der Waals surface area contributed by atoms with E-state index >= 15 is 0 Å². The third-order valence-electron chi connectivity index (χ3n) is 4.53. The SMILES string of the molecule is CCNC(=NCC1Cc2ccccc2O1)NCCNC(=O)Cc1ccc(F)cc1. The molecule has 1 aliphatic rings. The first-order chi connectivity index (χ1) is 14.1. The number of ether oxygens (including phenoxy) is 1. The lowest BCUT2D eigenvalue weighted by Crippen LogP contribution is -2.42. The zero-order valence-corrected chi connectivity index (χ0v) is 16.6. The van der Waals surface area contributed by atoms with Gasteiger partial charge in [-0.05, 0) is 36.2 Å². The second-order valence-electron chi connectivity index (χ2n) is 6.85. The van der Waals surface area contributed by atoms with Crippen LogP contribution in [0.1, 0.15) is 18.1 Å². The van der Waals surface area contributed by atoms with Gasteiger partial charge in [0, 0.05) is 26.1 Å². The van der Waals surface area contributed by atoms with Crippen molar-refractivity contribution >= 4 is 11.9 Å². The Balaban J connectivity index is 1.38. The summed E-state index contributed by atoms with van der Waals surface area (Å²) in [6.07, 6.45) is 1.13. The number of carbonyl (C=O) groups excluding carboxylic acids is 1. The number of hydrogen-bond acceptors (Lipinski definition) is 3. The molecule has 0 radical (unpaired) electrons. The summed E-state index contributed by atoms with van der Waals surface area (Å²) in [4.78, 5) is 16.6. The molecule has 1 amide bonds. The van der Waals surface area contributed by atoms with Gasteiger partial charge in [-0.3, -0.25) is 4.79 Å². The first kappa shape index (κ1) is 20.6. The number of benzene rings is 2. The summed E-state index contributed by atoms with van der Waals surface area (Å²) < 4.78 is 18.8. The molecule has 1 atom stereocenters. The molecule has 6 nitrogen and oxygen atoms in total. The van der Waals surface area contributed by atoms with Crippen molar-refractivity contribution in [1.29, 1.82) is 0 Å². The topological polar surface area (TPSA) is 74.8 Å². The van der Waals surface area contributed by atoms with Crippen LogP contribution in [0.2, 0.25) is 0 Å². The lowest BCUT2D eigenvalue weighted by atomic mass is 10.1. The second kappa shape index (κ2) is 10.5. The molecule has 29 heavy (non-hydrogen) atoms. The van der Waals surface area contributed by atoms with Gasteiger partial charge in [-0.15, -0.1) is 0 Å². The summed E-state index contributed by atoms with van der Waals surface area (Å²) in [6, 6.07) is 14.0. The molecule has 0 saturated carbocycles. The molecule has 1 aliphatic heterocycles. The maximum atomic E-state index is 12.9. The average Bonchev–Trinajstić information content (AvgIpc) is 3.14. The van der Waals surface area contributed by atoms with E-state index in [0.717, 1.165) is 24.3 Å². The minimum Gasteiger partial charge on any atom is -0.488 e. The van der Waals surface area contributed by atoms with Gasteiger partial charge in [-0.25, -0.2) is 9.38 Å². The highest BCUT2D eigenvalue weighted by molar-refractivity contribution is 5.80. The molecular weight excluding hydrogens is 371 g/mol. The minimum atomic E-state index is -0.305. The van der Waals surface area contributed by atoms with Crippen molar-refractivity contribution in [3.05, 3.63) is 65.5 Å². The molecular formula is C22H27FN4O2. The molecule has 0 aromatic heterocycles. The van der Waals surface area contributed by atoms with Crippen LogP contribution >= 0.6 is 0 Å². The molecule has 7 heteroatoms. The molecule has 0 saturated heterocycles. The Kier molecular flexibility index (Phi) is 7.44. The molecule has 154 valence electrons. The highest BCUT2D eigenvalue weighted by Crippen LogP contribution is 2.28. The number of carbonyl (C=O) groups is 1. The van der Waals surface area contributed by atoms with Gasteiger partial charge in [0.05, 0.1) is 13.0 Å². The van der Waals surface area contributed by atoms with E-state index in [2.05, 4.69) is 27.0 Å². The van der Waals surface area contributed by atoms with E-state index in [-0.39, 0.29) is 24.2 Å². The van der Waals surface area contributed by atoms with E-state index in [9.17, 15) is 9.18 Å². The number of hydrogen-bond donors (Lipinski definition) is 3. The third-order valence-corrected chi connectivity index (χ3v) is 4.53. The van der Waals surface area contributed by atoms with E-state index in [1.165, 1.54) is 17.7 Å². The first-order valence-electron chi connectivity index (χ1n) is 9.92. The van der Waals surface area contributed by atoms with Crippen LogP contribution in [0, 0.1) is 5.82 Å². The maximum Gasteiger partial charge on any atom is 0.224 e. The molecule has 0 fully saturated rings. The van der Waals surface area contributed by atoms with Crippen LogP contribution in [-0.2, 0) is 17.6 Å². The predicted octanol–water partition coefficient (Wildman–Crippen LogP) is 2.04. The number of nitrogens with zero attached hydrogens (tertiary/aromatic N) is 1. The average molecular weight is 398 g/mol. The van der Waals surface area contributed by atoms with Crippen LogP contribution in [0.3, 0.4) is 0 Å². The summed E-state index contributed by atoms with van der Waals surface area (Å²) in [7, 11) is 0. The summed E-state index contributed by atoms with van der Waals surface area (Å²) in [6.45, 7) is 4.32. The molecule has 0 aliphatic carbocycles. The van der Waals surface area contributed by atoms with Crippen molar-refractivity contribution in [2.24, 2.45) is 4.99 Å². The molecule has 3 rings (SSSR count). The number of amides is 1. The molecule has 3 N–H and O–H groups in total. The quantitative estimate of drug-likeness (QED) is 0.361. The fraction of sp³-hybridized carbons (Fsp3) is 0.364. The Morgan fingerprint density at radius 2 is 1.86 bits per heavy atom. The van der Waals surface area contributed by atoms with Crippen molar-refractivity contribution in [2.45, 2.75) is 25.9 Å². The van der Waals surface area contributed by atoms with E-state index in [1.807, 2.05) is 25.1 Å². The van der Waals surface area contributed by atoms with Crippen LogP contribution < -0.4 is 20.7 Å². The summed E-state index contributed by atoms with van der Waals surface area (Å²) >= 11 is 0. The van der Waals surface area contributed by atoms with Gasteiger partial charge in [-0.2, -0.15) is 0 Å². The first-order valence-corrected chi connectivity index (χ1v) is 9.92. The standard InChI is InChI=1S/C22H27FN4O2/c1-2-24-22(27-15-19-14-17-5-3-4-6-20(17)29-19)26-12-11-25-21(28)13-16-7-9-18(23)10-8-16/h3-10,19H,2,11-15H2,1H3,(H,25,28)(H2,24,26,27). The smallest absolute Gasteiger partial charge is 0.224 e. The largest absolute Gasteiger partial charge is 0.488 e. The predicted molar refractivity (Wildman–Crippen MR) is 112 cm³/mol. The monoisotopic (exact) mass is 398 g/mol. The second-order valence-corrected chi connectivity index (χ2v) is 6.85. The van der Waals surface area contributed by atoms with E-state index in [0.29, 0.717) is 25.6 Å². The highest BCUT2D eigenvalue weighted by Gasteiger charge is 2.21. The lowest BCUT2D eigenvalue weighted by Gasteiger charge is -2.13. The van der Waals surface area contributed by atoms with Crippen molar-refractivity contribution in [2.75, 3.05) is 26.2 Å². The molecule has 0 spiro atoms. The number of aliphatic imine (C=N–C) groups is 1. The van der Waals surface area contributed by atoms with Crippen molar-refractivity contribution in [3.8, 4) is 5.75 Å². The number of fused-ring (bicyclic) bond motifs is 1. The van der Waals surface area contributed by atoms with E-state index < -0.39 is 0 Å². The van der Waals surface area contributed by atoms with Crippen LogP contribution in [0.4, 0.5) is 4.39 Å². The van der Waals surface area contributed by atoms with Crippen LogP contribution in [0.5, 0.6) is 5.75 Å². The fourth-order valence-electron chi connectivity index (χ4n) is 3.12. The number of guanidine groups is 1. The Labute approximate surface area is 170 Å². The van der Waals surface area contributed by atoms with Crippen LogP contribution in [0.15, 0.2) is 53.5 Å². The summed E-state index contributed by atoms with van der Waals surface area (Å²) in [5.41, 5.74) is 2.00. The Hall–Kier alpha value is -3.09. The molecule has 1 heterocycles. The van der Waals surface area contributed by atoms with Gasteiger partial charge < -0.3 is 20.7 Å². The van der Waals surface area contributed by atoms with E-state index in [1.54, 1.807) is 12.1 Å². The van der Waals surface area contributed by atoms with Crippen molar-refractivity contribution in [3.63, 3.8) is 0 Å². The summed E-state index contributed by atoms with van der Waals surface area (Å²) in [5, 5.41) is 9.26. The molecule has 1 unspecified atom stereocenters. The van der Waals surface area contributed by atoms with Gasteiger partial charge in [-0.1, -0.05) is 30.3 Å². The Morgan fingerprint density at radius 1 is 1.10 bits per heavy atom. The maximum absolute atomic E-state index is 12.9. The van der Waals surface area contributed by atoms with Crippen molar-refractivity contribution in [1.82, 2.24) is 16.0 Å².